The van der Waals surface area contributed by atoms with Crippen LogP contribution in [-0.2, 0) is 0 Å². The van der Waals surface area contributed by atoms with Crippen LogP contribution in [0.5, 0.6) is 0 Å². The van der Waals surface area contributed by atoms with Crippen LogP contribution in [0.2, 0.25) is 0 Å². The second kappa shape index (κ2) is 15.8. The molecule has 5 heterocycles. The highest BCUT2D eigenvalue weighted by atomic mass is 32.2. The van der Waals surface area contributed by atoms with Crippen molar-refractivity contribution in [1.29, 1.82) is 0 Å². The molecular weight excluding hydrogens is 785 g/mol. The van der Waals surface area contributed by atoms with Crippen LogP contribution in [0.15, 0.2) is 195 Å². The third-order valence-electron chi connectivity index (χ3n) is 12.2. The van der Waals surface area contributed by atoms with E-state index in [2.05, 4.69) is 220 Å². The van der Waals surface area contributed by atoms with Gasteiger partial charge in [-0.3, -0.25) is 14.5 Å². The van der Waals surface area contributed by atoms with Crippen molar-refractivity contribution in [2.75, 3.05) is 41.9 Å². The van der Waals surface area contributed by atoms with Crippen LogP contribution in [0, 0.1) is 0 Å². The average Bonchev–Trinajstić information content (AvgIpc) is 3.81. The summed E-state index contributed by atoms with van der Waals surface area (Å²) in [7, 11) is 4.35. The van der Waals surface area contributed by atoms with Gasteiger partial charge in [0.25, 0.3) is 5.82 Å². The normalized spacial score (nSPS) is 17.0. The largest absolute Gasteiger partial charge is 0.338 e. The first-order chi connectivity index (χ1) is 30.1. The first-order valence-corrected chi connectivity index (χ1v) is 22.7. The summed E-state index contributed by atoms with van der Waals surface area (Å²) in [6.07, 6.45) is 6.61. The molecule has 11 rings (SSSR count). The number of pyridine rings is 2. The van der Waals surface area contributed by atoms with Gasteiger partial charge in [-0.2, -0.15) is 4.57 Å². The minimum Gasteiger partial charge on any atom is -0.338 e. The van der Waals surface area contributed by atoms with Crippen molar-refractivity contribution in [2.45, 2.75) is 28.7 Å². The minimum absolute atomic E-state index is 0.162. The summed E-state index contributed by atoms with van der Waals surface area (Å²) < 4.78 is 4.81. The zero-order valence-electron chi connectivity index (χ0n) is 34.2. The zero-order valence-corrected chi connectivity index (χ0v) is 35.9. The van der Waals surface area contributed by atoms with Crippen LogP contribution in [-0.4, -0.2) is 37.8 Å². The third kappa shape index (κ3) is 6.90. The molecule has 3 aliphatic heterocycles. The smallest absolute Gasteiger partial charge is 0.282 e. The van der Waals surface area contributed by atoms with Crippen LogP contribution in [0.3, 0.4) is 0 Å². The van der Waals surface area contributed by atoms with E-state index >= 15 is 0 Å². The number of anilines is 3. The lowest BCUT2D eigenvalue weighted by Gasteiger charge is -2.28. The number of benzene rings is 6. The summed E-state index contributed by atoms with van der Waals surface area (Å²) in [5, 5.41) is 4.88. The second-order valence-electron chi connectivity index (χ2n) is 15.9. The first-order valence-electron chi connectivity index (χ1n) is 21.0. The number of thioether (sulfide) groups is 2. The van der Waals surface area contributed by atoms with E-state index in [0.29, 0.717) is 0 Å². The summed E-state index contributed by atoms with van der Waals surface area (Å²) in [6.45, 7) is 1.79. The maximum Gasteiger partial charge on any atom is 0.282 e. The molecule has 2 aromatic heterocycles. The standard InChI is InChI=1S/C53H45N6S2/c1-55-46-25-13-15-27-48(46)60-52(55)35-37-33-50(58(40-17-5-3-6-18-40)44-23-11-9-21-42(37)44)54-39-29-31-57(32-30-39)51-34-38(36-53-56(2)47-26-14-16-28-49(47)61-53)43-22-10-12-24-45(43)59(51)41-19-7-4-8-20-41/h3-28,33-36,39H,29-32H2,1-2H3/q+1. The monoisotopic (exact) mass is 829 g/mol. The van der Waals surface area contributed by atoms with E-state index in [-0.39, 0.29) is 6.04 Å². The van der Waals surface area contributed by atoms with E-state index in [1.54, 1.807) is 0 Å². The Morgan fingerprint density at radius 2 is 1.11 bits per heavy atom. The topological polar surface area (TPSA) is 30.9 Å². The summed E-state index contributed by atoms with van der Waals surface area (Å²) in [4.78, 5) is 15.5. The van der Waals surface area contributed by atoms with Crippen molar-refractivity contribution >= 4 is 74.7 Å². The quantitative estimate of drug-likeness (QED) is 0.156. The molecule has 0 saturated carbocycles. The van der Waals surface area contributed by atoms with Crippen LogP contribution < -0.4 is 24.8 Å². The predicted molar refractivity (Wildman–Crippen MR) is 257 cm³/mol. The Morgan fingerprint density at radius 1 is 0.574 bits per heavy atom. The molecule has 0 N–H and O–H groups in total. The van der Waals surface area contributed by atoms with Gasteiger partial charge in [-0.1, -0.05) is 121 Å². The van der Waals surface area contributed by atoms with E-state index in [0.717, 1.165) is 48.3 Å². The molecule has 8 aromatic rings. The number of rotatable bonds is 6. The van der Waals surface area contributed by atoms with Gasteiger partial charge in [0.05, 0.1) is 46.1 Å². The number of hydrogen-bond acceptors (Lipinski definition) is 6. The van der Waals surface area contributed by atoms with E-state index < -0.39 is 0 Å². The van der Waals surface area contributed by atoms with Gasteiger partial charge in [0.1, 0.15) is 16.7 Å². The van der Waals surface area contributed by atoms with Gasteiger partial charge < -0.3 is 9.80 Å². The molecule has 6 nitrogen and oxygen atoms in total. The number of hydrogen-bond donors (Lipinski definition) is 0. The Labute approximate surface area is 365 Å². The molecule has 0 atom stereocenters. The van der Waals surface area contributed by atoms with Gasteiger partial charge in [0.2, 0.25) is 0 Å². The van der Waals surface area contributed by atoms with Crippen molar-refractivity contribution in [2.24, 2.45) is 4.99 Å². The second-order valence-corrected chi connectivity index (χ2v) is 18.0. The number of aromatic nitrogens is 2. The Kier molecular flexibility index (Phi) is 9.75. The fourth-order valence-corrected chi connectivity index (χ4v) is 11.3. The molecule has 6 aromatic carbocycles. The van der Waals surface area contributed by atoms with Crippen LogP contribution in [0.1, 0.15) is 24.0 Å². The molecule has 1 fully saturated rings. The lowest BCUT2D eigenvalue weighted by Crippen LogP contribution is -2.45. The van der Waals surface area contributed by atoms with Gasteiger partial charge in [-0.15, -0.1) is 0 Å². The molecule has 0 amide bonds. The van der Waals surface area contributed by atoms with Crippen molar-refractivity contribution in [3.8, 4) is 11.4 Å². The highest BCUT2D eigenvalue weighted by Gasteiger charge is 2.31. The molecule has 298 valence electrons. The molecule has 0 radical (unpaired) electrons. The Hall–Kier alpha value is -6.48. The number of para-hydroxylation sites is 6. The number of nitrogens with zero attached hydrogens (tertiary/aromatic N) is 6. The van der Waals surface area contributed by atoms with E-state index in [9.17, 15) is 0 Å². The highest BCUT2D eigenvalue weighted by molar-refractivity contribution is 8.04. The Morgan fingerprint density at radius 3 is 1.77 bits per heavy atom. The maximum absolute atomic E-state index is 5.67. The lowest BCUT2D eigenvalue weighted by molar-refractivity contribution is -0.554. The average molecular weight is 830 g/mol. The molecule has 3 aliphatic rings. The molecule has 0 spiro atoms. The van der Waals surface area contributed by atoms with Crippen LogP contribution >= 0.6 is 23.5 Å². The summed E-state index contributed by atoms with van der Waals surface area (Å²) >= 11 is 3.67. The van der Waals surface area contributed by atoms with Gasteiger partial charge >= 0.3 is 0 Å². The molecule has 8 heteroatoms. The zero-order chi connectivity index (χ0) is 40.9. The van der Waals surface area contributed by atoms with Crippen molar-refractivity contribution in [3.05, 3.63) is 197 Å². The van der Waals surface area contributed by atoms with E-state index in [4.69, 9.17) is 4.99 Å². The fraction of sp³-hybridized carbons (Fsp3) is 0.132. The van der Waals surface area contributed by atoms with E-state index in [1.165, 1.54) is 64.5 Å². The van der Waals surface area contributed by atoms with Crippen molar-refractivity contribution in [3.63, 3.8) is 0 Å². The van der Waals surface area contributed by atoms with Crippen LogP contribution in [0.25, 0.3) is 45.3 Å². The fourth-order valence-electron chi connectivity index (χ4n) is 9.07. The molecule has 61 heavy (non-hydrogen) atoms. The summed E-state index contributed by atoms with van der Waals surface area (Å²) in [5.41, 5.74) is 10.5. The van der Waals surface area contributed by atoms with Gasteiger partial charge in [0, 0.05) is 59.3 Å². The minimum atomic E-state index is 0.162. The Balaban J connectivity index is 0.990. The highest BCUT2D eigenvalue weighted by Crippen LogP contribution is 2.47. The van der Waals surface area contributed by atoms with Gasteiger partial charge in [-0.05, 0) is 90.0 Å². The Bertz CT molecular complexity index is 3090. The van der Waals surface area contributed by atoms with Crippen LogP contribution in [0.4, 0.5) is 17.2 Å². The maximum atomic E-state index is 5.67. The molecule has 0 aliphatic carbocycles. The molecule has 0 unspecified atom stereocenters. The van der Waals surface area contributed by atoms with Gasteiger partial charge in [0.15, 0.2) is 0 Å². The number of piperidine rings is 1. The predicted octanol–water partition coefficient (Wildman–Crippen LogP) is 11.7. The first kappa shape index (κ1) is 37.5. The van der Waals surface area contributed by atoms with Gasteiger partial charge in [-0.25, -0.2) is 0 Å². The number of fused-ring (bicyclic) bond motifs is 4. The van der Waals surface area contributed by atoms with E-state index in [1.807, 2.05) is 23.5 Å². The van der Waals surface area contributed by atoms with Crippen molar-refractivity contribution < 1.29 is 4.57 Å². The molecule has 0 bridgehead atoms. The summed E-state index contributed by atoms with van der Waals surface area (Å²) in [5.74, 6) is 1.21. The third-order valence-corrected chi connectivity index (χ3v) is 14.5. The SMILES string of the molecule is CN1C(=Cc2cc(=NC3CCN(c4cc(C=C5Sc6ccccc6N5C)c5ccccc5[n+]4-c4ccccc4)CC3)n(-c3ccccc3)c3ccccc23)Sc2ccccc21. The molecular formula is C53H45N6S2+. The van der Waals surface area contributed by atoms with Crippen molar-refractivity contribution in [1.82, 2.24) is 4.57 Å². The lowest BCUT2D eigenvalue weighted by atomic mass is 10.0. The molecule has 1 saturated heterocycles. The summed E-state index contributed by atoms with van der Waals surface area (Å²) in [6, 6.07) is 61.4.